The van der Waals surface area contributed by atoms with E-state index < -0.39 is 5.60 Å². The molecule has 1 saturated carbocycles. The van der Waals surface area contributed by atoms with E-state index in [-0.39, 0.29) is 12.5 Å². The predicted octanol–water partition coefficient (Wildman–Crippen LogP) is 1.40. The summed E-state index contributed by atoms with van der Waals surface area (Å²) in [5.74, 6) is 0.398. The Labute approximate surface area is 110 Å². The molecule has 6 heteroatoms. The van der Waals surface area contributed by atoms with Crippen LogP contribution in [0.3, 0.4) is 0 Å². The quantitative estimate of drug-likeness (QED) is 0.774. The summed E-state index contributed by atoms with van der Waals surface area (Å²) in [6, 6.07) is 0. The van der Waals surface area contributed by atoms with Crippen molar-refractivity contribution in [2.24, 2.45) is 5.92 Å². The third-order valence-corrected chi connectivity index (χ3v) is 4.21. The number of nitrogens with one attached hydrogen (secondary N) is 1. The second-order valence-electron chi connectivity index (χ2n) is 5.16. The lowest BCUT2D eigenvalue weighted by Gasteiger charge is -2.34. The zero-order valence-electron chi connectivity index (χ0n) is 10.5. The first kappa shape index (κ1) is 13.3. The summed E-state index contributed by atoms with van der Waals surface area (Å²) in [5.41, 5.74) is 5.04. The molecule has 18 heavy (non-hydrogen) atoms. The Hall–Kier alpha value is -1.14. The van der Waals surface area contributed by atoms with Gasteiger partial charge in [-0.2, -0.15) is 0 Å². The van der Waals surface area contributed by atoms with E-state index in [0.717, 1.165) is 25.7 Å². The topological polar surface area (TPSA) is 88.2 Å². The van der Waals surface area contributed by atoms with Gasteiger partial charge in [-0.15, -0.1) is 11.3 Å². The van der Waals surface area contributed by atoms with Gasteiger partial charge < -0.3 is 16.2 Å². The van der Waals surface area contributed by atoms with Gasteiger partial charge in [0.15, 0.2) is 5.13 Å². The molecule has 1 aromatic heterocycles. The Kier molecular flexibility index (Phi) is 3.87. The second-order valence-corrected chi connectivity index (χ2v) is 6.05. The van der Waals surface area contributed by atoms with Crippen LogP contribution in [0, 0.1) is 5.92 Å². The fourth-order valence-corrected chi connectivity index (χ4v) is 2.75. The predicted molar refractivity (Wildman–Crippen MR) is 71.4 cm³/mol. The fourth-order valence-electron chi connectivity index (χ4n) is 2.20. The summed E-state index contributed by atoms with van der Waals surface area (Å²) in [4.78, 5) is 15.7. The number of rotatable bonds is 3. The first-order valence-electron chi connectivity index (χ1n) is 6.20. The number of hydrogen-bond donors (Lipinski definition) is 3. The van der Waals surface area contributed by atoms with Crippen LogP contribution < -0.4 is 11.1 Å². The smallest absolute Gasteiger partial charge is 0.270 e. The average Bonchev–Trinajstić information content (AvgIpc) is 2.77. The molecular weight excluding hydrogens is 250 g/mol. The molecule has 0 radical (unpaired) electrons. The molecule has 4 N–H and O–H groups in total. The number of carbonyl (C=O) groups excluding carboxylic acids is 1. The van der Waals surface area contributed by atoms with Crippen LogP contribution in [0.4, 0.5) is 5.13 Å². The molecule has 1 amide bonds. The standard InChI is InChI=1S/C12H19N3O2S/c1-8-2-4-12(17,5-3-8)7-14-10(16)9-6-18-11(13)15-9/h6,8,17H,2-5,7H2,1H3,(H2,13,15)(H,14,16). The van der Waals surface area contributed by atoms with E-state index in [1.807, 2.05) is 0 Å². The first-order chi connectivity index (χ1) is 8.48. The zero-order chi connectivity index (χ0) is 13.2. The van der Waals surface area contributed by atoms with E-state index in [1.54, 1.807) is 5.38 Å². The van der Waals surface area contributed by atoms with Gasteiger partial charge in [-0.1, -0.05) is 6.92 Å². The number of carbonyl (C=O) groups is 1. The summed E-state index contributed by atoms with van der Waals surface area (Å²) in [7, 11) is 0. The molecule has 1 aliphatic rings. The normalized spacial score (nSPS) is 28.0. The number of amides is 1. The minimum atomic E-state index is -0.760. The molecule has 1 aliphatic carbocycles. The number of nitrogens with zero attached hydrogens (tertiary/aromatic N) is 1. The third-order valence-electron chi connectivity index (χ3n) is 3.54. The molecule has 2 rings (SSSR count). The van der Waals surface area contributed by atoms with Crippen molar-refractivity contribution in [3.63, 3.8) is 0 Å². The molecule has 5 nitrogen and oxygen atoms in total. The minimum absolute atomic E-state index is 0.269. The van der Waals surface area contributed by atoms with Gasteiger partial charge in [-0.05, 0) is 31.6 Å². The summed E-state index contributed by atoms with van der Waals surface area (Å²) < 4.78 is 0. The maximum absolute atomic E-state index is 11.8. The Bertz CT molecular complexity index is 425. The summed E-state index contributed by atoms with van der Waals surface area (Å²) in [6.45, 7) is 2.48. The van der Waals surface area contributed by atoms with Crippen molar-refractivity contribution in [1.29, 1.82) is 0 Å². The highest BCUT2D eigenvalue weighted by atomic mass is 32.1. The van der Waals surface area contributed by atoms with Crippen LogP contribution in [-0.4, -0.2) is 28.1 Å². The fraction of sp³-hybridized carbons (Fsp3) is 0.667. The van der Waals surface area contributed by atoms with Crippen LogP contribution in [0.1, 0.15) is 43.1 Å². The van der Waals surface area contributed by atoms with Gasteiger partial charge in [0.1, 0.15) is 5.69 Å². The third kappa shape index (κ3) is 3.20. The first-order valence-corrected chi connectivity index (χ1v) is 7.08. The number of hydrogen-bond acceptors (Lipinski definition) is 5. The van der Waals surface area contributed by atoms with Gasteiger partial charge in [0.2, 0.25) is 0 Å². The zero-order valence-corrected chi connectivity index (χ0v) is 11.3. The van der Waals surface area contributed by atoms with Crippen molar-refractivity contribution < 1.29 is 9.90 Å². The lowest BCUT2D eigenvalue weighted by molar-refractivity contribution is -0.00542. The summed E-state index contributed by atoms with van der Waals surface area (Å²) >= 11 is 1.24. The number of anilines is 1. The monoisotopic (exact) mass is 269 g/mol. The molecule has 1 aromatic rings. The van der Waals surface area contributed by atoms with Gasteiger partial charge in [-0.3, -0.25) is 4.79 Å². The van der Waals surface area contributed by atoms with E-state index in [1.165, 1.54) is 11.3 Å². The minimum Gasteiger partial charge on any atom is -0.388 e. The summed E-state index contributed by atoms with van der Waals surface area (Å²) in [6.07, 6.45) is 3.51. The van der Waals surface area contributed by atoms with Crippen LogP contribution in [-0.2, 0) is 0 Å². The highest BCUT2D eigenvalue weighted by Crippen LogP contribution is 2.31. The van der Waals surface area contributed by atoms with Crippen LogP contribution in [0.2, 0.25) is 0 Å². The average molecular weight is 269 g/mol. The molecule has 100 valence electrons. The molecule has 0 spiro atoms. The summed E-state index contributed by atoms with van der Waals surface area (Å²) in [5, 5.41) is 15.1. The van der Waals surface area contributed by atoms with Crippen molar-refractivity contribution in [2.45, 2.75) is 38.2 Å². The number of nitrogen functional groups attached to an aromatic ring is 1. The van der Waals surface area contributed by atoms with Gasteiger partial charge >= 0.3 is 0 Å². The van der Waals surface area contributed by atoms with E-state index in [4.69, 9.17) is 5.73 Å². The van der Waals surface area contributed by atoms with Crippen LogP contribution in [0.15, 0.2) is 5.38 Å². The van der Waals surface area contributed by atoms with Crippen molar-refractivity contribution in [3.05, 3.63) is 11.1 Å². The van der Waals surface area contributed by atoms with Crippen LogP contribution in [0.25, 0.3) is 0 Å². The van der Waals surface area contributed by atoms with Gasteiger partial charge in [0.25, 0.3) is 5.91 Å². The maximum Gasteiger partial charge on any atom is 0.270 e. The molecule has 1 heterocycles. The molecule has 0 saturated heterocycles. The maximum atomic E-state index is 11.8. The second kappa shape index (κ2) is 5.24. The number of aliphatic hydroxyl groups is 1. The number of aromatic nitrogens is 1. The Morgan fingerprint density at radius 1 is 1.67 bits per heavy atom. The molecular formula is C12H19N3O2S. The molecule has 0 bridgehead atoms. The Morgan fingerprint density at radius 3 is 2.89 bits per heavy atom. The Morgan fingerprint density at radius 2 is 2.33 bits per heavy atom. The molecule has 0 atom stereocenters. The van der Waals surface area contributed by atoms with Gasteiger partial charge in [0, 0.05) is 11.9 Å². The van der Waals surface area contributed by atoms with Crippen LogP contribution >= 0.6 is 11.3 Å². The molecule has 1 fully saturated rings. The van der Waals surface area contributed by atoms with Gasteiger partial charge in [0.05, 0.1) is 5.60 Å². The van der Waals surface area contributed by atoms with E-state index in [2.05, 4.69) is 17.2 Å². The number of thiazole rings is 1. The van der Waals surface area contributed by atoms with E-state index >= 15 is 0 Å². The molecule has 0 unspecified atom stereocenters. The lowest BCUT2D eigenvalue weighted by Crippen LogP contribution is -2.45. The van der Waals surface area contributed by atoms with E-state index in [9.17, 15) is 9.90 Å². The van der Waals surface area contributed by atoms with Crippen molar-refractivity contribution >= 4 is 22.4 Å². The molecule has 0 aromatic carbocycles. The Balaban J connectivity index is 1.86. The highest BCUT2D eigenvalue weighted by Gasteiger charge is 2.32. The highest BCUT2D eigenvalue weighted by molar-refractivity contribution is 7.13. The van der Waals surface area contributed by atoms with Crippen LogP contribution in [0.5, 0.6) is 0 Å². The van der Waals surface area contributed by atoms with Crippen molar-refractivity contribution in [2.75, 3.05) is 12.3 Å². The number of nitrogens with two attached hydrogens (primary N) is 1. The van der Waals surface area contributed by atoms with E-state index in [0.29, 0.717) is 16.7 Å². The largest absolute Gasteiger partial charge is 0.388 e. The van der Waals surface area contributed by atoms with Crippen molar-refractivity contribution in [1.82, 2.24) is 10.3 Å². The lowest BCUT2D eigenvalue weighted by atomic mass is 9.79. The molecule has 0 aliphatic heterocycles. The van der Waals surface area contributed by atoms with Gasteiger partial charge in [-0.25, -0.2) is 4.98 Å². The van der Waals surface area contributed by atoms with Crippen molar-refractivity contribution in [3.8, 4) is 0 Å². The SMILES string of the molecule is CC1CCC(O)(CNC(=O)c2csc(N)n2)CC1.